The van der Waals surface area contributed by atoms with E-state index in [1.807, 2.05) is 55.5 Å². The normalized spacial score (nSPS) is 16.4. The Kier molecular flexibility index (Phi) is 5.96. The predicted octanol–water partition coefficient (Wildman–Crippen LogP) is 2.89. The molecule has 6 heteroatoms. The number of amides is 1. The third-order valence-corrected chi connectivity index (χ3v) is 4.47. The average molecular weight is 369 g/mol. The summed E-state index contributed by atoms with van der Waals surface area (Å²) in [6.45, 7) is 3.58. The summed E-state index contributed by atoms with van der Waals surface area (Å²) < 4.78 is 11.3. The van der Waals surface area contributed by atoms with Crippen LogP contribution < -0.4 is 9.47 Å². The predicted molar refractivity (Wildman–Crippen MR) is 99.8 cm³/mol. The molecule has 1 N–H and O–H groups in total. The highest BCUT2D eigenvalue weighted by molar-refractivity contribution is 5.86. The van der Waals surface area contributed by atoms with Crippen LogP contribution in [-0.4, -0.2) is 41.6 Å². The first-order valence-corrected chi connectivity index (χ1v) is 8.93. The molecular weight excluding hydrogens is 346 g/mol. The van der Waals surface area contributed by atoms with Gasteiger partial charge in [0.15, 0.2) is 0 Å². The third kappa shape index (κ3) is 5.23. The van der Waals surface area contributed by atoms with Gasteiger partial charge in [-0.05, 0) is 42.3 Å². The molecule has 0 radical (unpaired) electrons. The van der Waals surface area contributed by atoms with Gasteiger partial charge in [-0.1, -0.05) is 24.3 Å². The van der Waals surface area contributed by atoms with Crippen LogP contribution in [0.1, 0.15) is 17.5 Å². The molecule has 2 aromatic rings. The molecule has 1 fully saturated rings. The molecule has 1 amide bonds. The van der Waals surface area contributed by atoms with Crippen LogP contribution in [0, 0.1) is 12.8 Å². The minimum Gasteiger partial charge on any atom is -0.490 e. The molecular formula is C21H23NO5. The number of ether oxygens (including phenoxy) is 2. The van der Waals surface area contributed by atoms with Crippen molar-refractivity contribution in [2.24, 2.45) is 5.92 Å². The van der Waals surface area contributed by atoms with E-state index in [9.17, 15) is 9.59 Å². The number of hydrogen-bond acceptors (Lipinski definition) is 4. The first-order valence-electron chi connectivity index (χ1n) is 8.93. The molecule has 3 rings (SSSR count). The van der Waals surface area contributed by atoms with E-state index in [1.54, 1.807) is 4.90 Å². The largest absolute Gasteiger partial charge is 0.490 e. The lowest BCUT2D eigenvalue weighted by Crippen LogP contribution is -2.25. The number of rotatable bonds is 8. The standard InChI is InChI=1S/C21H23NO5/c1-15-3-2-4-19(11-15)27-10-9-26-18-7-5-16(6-8-18)13-22-14-17(21(24)25)12-20(22)23/h2-8,11,17H,9-10,12-14H2,1H3,(H,24,25). The first kappa shape index (κ1) is 18.8. The number of carboxylic acid groups (broad SMARTS) is 1. The molecule has 1 aliphatic heterocycles. The fraction of sp³-hybridized carbons (Fsp3) is 0.333. The summed E-state index contributed by atoms with van der Waals surface area (Å²) in [4.78, 5) is 24.5. The fourth-order valence-electron chi connectivity index (χ4n) is 3.03. The number of benzene rings is 2. The summed E-state index contributed by atoms with van der Waals surface area (Å²) in [5.74, 6) is -0.0846. The maximum Gasteiger partial charge on any atom is 0.308 e. The molecule has 1 unspecified atom stereocenters. The molecule has 1 heterocycles. The van der Waals surface area contributed by atoms with Gasteiger partial charge >= 0.3 is 5.97 Å². The Bertz CT molecular complexity index is 802. The van der Waals surface area contributed by atoms with E-state index in [2.05, 4.69) is 0 Å². The van der Waals surface area contributed by atoms with Crippen LogP contribution in [0.4, 0.5) is 0 Å². The van der Waals surface area contributed by atoms with Crippen LogP contribution in [-0.2, 0) is 16.1 Å². The second-order valence-corrected chi connectivity index (χ2v) is 6.67. The number of nitrogens with zero attached hydrogens (tertiary/aromatic N) is 1. The number of aryl methyl sites for hydroxylation is 1. The van der Waals surface area contributed by atoms with E-state index in [-0.39, 0.29) is 18.9 Å². The Morgan fingerprint density at radius 2 is 1.81 bits per heavy atom. The minimum absolute atomic E-state index is 0.0808. The zero-order chi connectivity index (χ0) is 19.2. The van der Waals surface area contributed by atoms with E-state index in [0.29, 0.717) is 19.8 Å². The molecule has 1 aliphatic rings. The van der Waals surface area contributed by atoms with Crippen LogP contribution in [0.2, 0.25) is 0 Å². The Morgan fingerprint density at radius 3 is 2.44 bits per heavy atom. The Labute approximate surface area is 158 Å². The molecule has 27 heavy (non-hydrogen) atoms. The first-order chi connectivity index (χ1) is 13.0. The van der Waals surface area contributed by atoms with Crippen molar-refractivity contribution in [3.63, 3.8) is 0 Å². The SMILES string of the molecule is Cc1cccc(OCCOc2ccc(CN3CC(C(=O)O)CC3=O)cc2)c1. The average Bonchev–Trinajstić information content (AvgIpc) is 3.01. The summed E-state index contributed by atoms with van der Waals surface area (Å²) in [5, 5.41) is 9.03. The minimum atomic E-state index is -0.914. The smallest absolute Gasteiger partial charge is 0.308 e. The third-order valence-electron chi connectivity index (χ3n) is 4.47. The van der Waals surface area contributed by atoms with Gasteiger partial charge in [0.05, 0.1) is 5.92 Å². The summed E-state index contributed by atoms with van der Waals surface area (Å²) >= 11 is 0. The van der Waals surface area contributed by atoms with Crippen molar-refractivity contribution < 1.29 is 24.2 Å². The molecule has 1 saturated heterocycles. The van der Waals surface area contributed by atoms with E-state index < -0.39 is 11.9 Å². The van der Waals surface area contributed by atoms with Gasteiger partial charge in [-0.3, -0.25) is 9.59 Å². The molecule has 0 aromatic heterocycles. The highest BCUT2D eigenvalue weighted by Gasteiger charge is 2.33. The molecule has 1 atom stereocenters. The Hall–Kier alpha value is -3.02. The van der Waals surface area contributed by atoms with Gasteiger partial charge in [-0.2, -0.15) is 0 Å². The van der Waals surface area contributed by atoms with Gasteiger partial charge in [0.1, 0.15) is 24.7 Å². The lowest BCUT2D eigenvalue weighted by Gasteiger charge is -2.16. The van der Waals surface area contributed by atoms with Crippen molar-refractivity contribution >= 4 is 11.9 Å². The van der Waals surface area contributed by atoms with Crippen molar-refractivity contribution in [3.05, 3.63) is 59.7 Å². The number of carboxylic acids is 1. The summed E-state index contributed by atoms with van der Waals surface area (Å²) in [5.41, 5.74) is 2.09. The maximum atomic E-state index is 11.9. The summed E-state index contributed by atoms with van der Waals surface area (Å²) in [6.07, 6.45) is 0.0808. The van der Waals surface area contributed by atoms with E-state index in [4.69, 9.17) is 14.6 Å². The van der Waals surface area contributed by atoms with Crippen LogP contribution in [0.5, 0.6) is 11.5 Å². The number of aliphatic carboxylic acids is 1. The van der Waals surface area contributed by atoms with Crippen molar-refractivity contribution in [2.75, 3.05) is 19.8 Å². The summed E-state index contributed by atoms with van der Waals surface area (Å²) in [6, 6.07) is 15.3. The molecule has 6 nitrogen and oxygen atoms in total. The highest BCUT2D eigenvalue weighted by Crippen LogP contribution is 2.21. The van der Waals surface area contributed by atoms with Gasteiger partial charge in [0.2, 0.25) is 5.91 Å². The van der Waals surface area contributed by atoms with Crippen molar-refractivity contribution in [2.45, 2.75) is 19.9 Å². The molecule has 0 bridgehead atoms. The number of likely N-dealkylation sites (tertiary alicyclic amines) is 1. The van der Waals surface area contributed by atoms with E-state index in [1.165, 1.54) is 0 Å². The van der Waals surface area contributed by atoms with Gasteiger partial charge in [-0.25, -0.2) is 0 Å². The number of hydrogen-bond donors (Lipinski definition) is 1. The van der Waals surface area contributed by atoms with Gasteiger partial charge < -0.3 is 19.5 Å². The molecule has 2 aromatic carbocycles. The maximum absolute atomic E-state index is 11.9. The van der Waals surface area contributed by atoms with Gasteiger partial charge in [0, 0.05) is 19.5 Å². The quantitative estimate of drug-likeness (QED) is 0.724. The topological polar surface area (TPSA) is 76.1 Å². The van der Waals surface area contributed by atoms with Crippen LogP contribution in [0.15, 0.2) is 48.5 Å². The highest BCUT2D eigenvalue weighted by atomic mass is 16.5. The second-order valence-electron chi connectivity index (χ2n) is 6.67. The monoisotopic (exact) mass is 369 g/mol. The lowest BCUT2D eigenvalue weighted by atomic mass is 10.1. The summed E-state index contributed by atoms with van der Waals surface area (Å²) in [7, 11) is 0. The Balaban J connectivity index is 1.43. The zero-order valence-electron chi connectivity index (χ0n) is 15.3. The molecule has 142 valence electrons. The molecule has 0 aliphatic carbocycles. The molecule has 0 saturated carbocycles. The fourth-order valence-corrected chi connectivity index (χ4v) is 3.03. The zero-order valence-corrected chi connectivity index (χ0v) is 15.3. The second kappa shape index (κ2) is 8.58. The Morgan fingerprint density at radius 1 is 1.11 bits per heavy atom. The van der Waals surface area contributed by atoms with Gasteiger partial charge in [-0.15, -0.1) is 0 Å². The van der Waals surface area contributed by atoms with E-state index in [0.717, 1.165) is 22.6 Å². The van der Waals surface area contributed by atoms with E-state index >= 15 is 0 Å². The molecule has 0 spiro atoms. The van der Waals surface area contributed by atoms with Crippen molar-refractivity contribution in [1.82, 2.24) is 4.90 Å². The number of carbonyl (C=O) groups excluding carboxylic acids is 1. The van der Waals surface area contributed by atoms with Crippen molar-refractivity contribution in [3.8, 4) is 11.5 Å². The number of carbonyl (C=O) groups is 2. The van der Waals surface area contributed by atoms with Gasteiger partial charge in [0.25, 0.3) is 0 Å². The van der Waals surface area contributed by atoms with Crippen molar-refractivity contribution in [1.29, 1.82) is 0 Å². The lowest BCUT2D eigenvalue weighted by molar-refractivity contribution is -0.141. The van der Waals surface area contributed by atoms with Crippen LogP contribution in [0.25, 0.3) is 0 Å². The van der Waals surface area contributed by atoms with Crippen LogP contribution in [0.3, 0.4) is 0 Å². The van der Waals surface area contributed by atoms with Crippen LogP contribution >= 0.6 is 0 Å².